The van der Waals surface area contributed by atoms with Gasteiger partial charge in [-0.2, -0.15) is 0 Å². The molecular formula is C21H32O5. The Balaban J connectivity index is 1.71. The van der Waals surface area contributed by atoms with Crippen molar-refractivity contribution in [3.63, 3.8) is 0 Å². The Kier molecular flexibility index (Phi) is 4.01. The van der Waals surface area contributed by atoms with E-state index in [1.807, 2.05) is 6.92 Å². The Morgan fingerprint density at radius 2 is 1.77 bits per heavy atom. The zero-order chi connectivity index (χ0) is 19.0. The molecule has 0 heterocycles. The molecule has 7 atom stereocenters. The number of Topliss-reactive ketones (excluding diaryl/α,β-unsaturated/α-hetero) is 2. The van der Waals surface area contributed by atoms with E-state index >= 15 is 0 Å². The number of rotatable bonds is 2. The minimum absolute atomic E-state index is 0.0521. The zero-order valence-corrected chi connectivity index (χ0v) is 16.0. The molecule has 0 unspecified atom stereocenters. The van der Waals surface area contributed by atoms with Crippen LogP contribution in [0.3, 0.4) is 0 Å². The van der Waals surface area contributed by atoms with Gasteiger partial charge in [-0.1, -0.05) is 13.8 Å². The minimum atomic E-state index is -1.64. The number of ketones is 2. The normalized spacial score (nSPS) is 53.6. The molecule has 0 aromatic heterocycles. The summed E-state index contributed by atoms with van der Waals surface area (Å²) in [7, 11) is 0. The van der Waals surface area contributed by atoms with Crippen LogP contribution >= 0.6 is 0 Å². The molecule has 0 saturated heterocycles. The maximum Gasteiger partial charge on any atom is 0.190 e. The lowest BCUT2D eigenvalue weighted by molar-refractivity contribution is -0.230. The van der Waals surface area contributed by atoms with Gasteiger partial charge in [0.05, 0.1) is 5.60 Å². The van der Waals surface area contributed by atoms with Gasteiger partial charge >= 0.3 is 0 Å². The topological polar surface area (TPSA) is 94.8 Å². The average Bonchev–Trinajstić information content (AvgIpc) is 2.84. The fourth-order valence-corrected chi connectivity index (χ4v) is 7.61. The maximum absolute atomic E-state index is 12.4. The molecule has 4 saturated carbocycles. The van der Waals surface area contributed by atoms with E-state index in [0.29, 0.717) is 43.3 Å². The molecular weight excluding hydrogens is 332 g/mol. The van der Waals surface area contributed by atoms with Crippen LogP contribution in [-0.4, -0.2) is 44.7 Å². The Morgan fingerprint density at radius 1 is 1.04 bits per heavy atom. The minimum Gasteiger partial charge on any atom is -0.389 e. The summed E-state index contributed by atoms with van der Waals surface area (Å²) in [6.45, 7) is 3.47. The summed E-state index contributed by atoms with van der Waals surface area (Å²) in [5.41, 5.74) is -3.56. The SMILES string of the molecule is C[C@]12CCC(=O)C[C@H]1CC[C@@H]1[C@@H]2CC[C@@]2(C)[C@@]1(O)CC[C@]2(O)C(=O)CO. The van der Waals surface area contributed by atoms with Crippen molar-refractivity contribution in [1.29, 1.82) is 0 Å². The third-order valence-electron chi connectivity index (χ3n) is 9.42. The highest BCUT2D eigenvalue weighted by molar-refractivity contribution is 5.89. The van der Waals surface area contributed by atoms with Crippen LogP contribution in [-0.2, 0) is 9.59 Å². The van der Waals surface area contributed by atoms with Gasteiger partial charge in [-0.05, 0) is 68.1 Å². The van der Waals surface area contributed by atoms with E-state index in [0.717, 1.165) is 25.7 Å². The molecule has 4 rings (SSSR count). The van der Waals surface area contributed by atoms with Gasteiger partial charge in [-0.15, -0.1) is 0 Å². The van der Waals surface area contributed by atoms with Gasteiger partial charge in [0.15, 0.2) is 5.78 Å². The molecule has 5 heteroatoms. The quantitative estimate of drug-likeness (QED) is 0.697. The van der Waals surface area contributed by atoms with Crippen LogP contribution in [0.5, 0.6) is 0 Å². The average molecular weight is 364 g/mol. The van der Waals surface area contributed by atoms with Gasteiger partial charge in [-0.3, -0.25) is 9.59 Å². The van der Waals surface area contributed by atoms with Crippen molar-refractivity contribution in [3.8, 4) is 0 Å². The van der Waals surface area contributed by atoms with Crippen LogP contribution in [0, 0.1) is 28.6 Å². The summed E-state index contributed by atoms with van der Waals surface area (Å²) in [6.07, 6.45) is 6.08. The molecule has 3 N–H and O–H groups in total. The maximum atomic E-state index is 12.4. The molecule has 4 fully saturated rings. The molecule has 26 heavy (non-hydrogen) atoms. The molecule has 4 aliphatic rings. The highest BCUT2D eigenvalue weighted by Gasteiger charge is 2.73. The van der Waals surface area contributed by atoms with E-state index < -0.39 is 29.0 Å². The summed E-state index contributed by atoms with van der Waals surface area (Å²) in [4.78, 5) is 24.3. The number of carbonyl (C=O) groups excluding carboxylic acids is 2. The predicted octanol–water partition coefficient (Wildman–Crippen LogP) is 2.01. The third kappa shape index (κ3) is 2.03. The van der Waals surface area contributed by atoms with Gasteiger partial charge < -0.3 is 15.3 Å². The van der Waals surface area contributed by atoms with Gasteiger partial charge in [0, 0.05) is 18.3 Å². The zero-order valence-electron chi connectivity index (χ0n) is 16.0. The second kappa shape index (κ2) is 5.62. The Bertz CT molecular complexity index is 646. The number of fused-ring (bicyclic) bond motifs is 5. The van der Waals surface area contributed by atoms with E-state index in [2.05, 4.69) is 6.92 Å². The standard InChI is InChI=1S/C21H32O5/c1-18-7-5-14(23)11-13(18)3-4-16-15(18)6-8-19(2)20(16,25)9-10-21(19,26)17(24)12-22/h13,15-16,22,25-26H,3-12H2,1-2H3/t13-,15+,16-,18+,19+,20-,21+/m1/s1. The smallest absolute Gasteiger partial charge is 0.190 e. The summed E-state index contributed by atoms with van der Waals surface area (Å²) >= 11 is 0. The number of carbonyl (C=O) groups is 2. The number of aliphatic hydroxyl groups excluding tert-OH is 1. The molecule has 0 aromatic carbocycles. The molecule has 0 bridgehead atoms. The van der Waals surface area contributed by atoms with Crippen molar-refractivity contribution >= 4 is 11.6 Å². The summed E-state index contributed by atoms with van der Waals surface area (Å²) in [5.74, 6) is 0.596. The fourth-order valence-electron chi connectivity index (χ4n) is 7.61. The highest BCUT2D eigenvalue weighted by Crippen LogP contribution is 2.69. The number of hydrogen-bond acceptors (Lipinski definition) is 5. The van der Waals surface area contributed by atoms with Crippen molar-refractivity contribution < 1.29 is 24.9 Å². The van der Waals surface area contributed by atoms with Crippen molar-refractivity contribution in [2.45, 2.75) is 82.8 Å². The third-order valence-corrected chi connectivity index (χ3v) is 9.42. The first-order valence-electron chi connectivity index (χ1n) is 10.2. The van der Waals surface area contributed by atoms with Crippen LogP contribution in [0.2, 0.25) is 0 Å². The van der Waals surface area contributed by atoms with E-state index in [1.54, 1.807) is 0 Å². The van der Waals surface area contributed by atoms with Crippen LogP contribution in [0.1, 0.15) is 71.6 Å². The summed E-state index contributed by atoms with van der Waals surface area (Å²) < 4.78 is 0. The molecule has 146 valence electrons. The monoisotopic (exact) mass is 364 g/mol. The van der Waals surface area contributed by atoms with Crippen molar-refractivity contribution in [2.24, 2.45) is 28.6 Å². The van der Waals surface area contributed by atoms with Gasteiger partial charge in [-0.25, -0.2) is 0 Å². The summed E-state index contributed by atoms with van der Waals surface area (Å²) in [5, 5.41) is 32.4. The Hall–Kier alpha value is -0.780. The summed E-state index contributed by atoms with van der Waals surface area (Å²) in [6, 6.07) is 0. The molecule has 0 aromatic rings. The number of aliphatic hydroxyl groups is 3. The second-order valence-corrected chi connectivity index (χ2v) is 9.97. The second-order valence-electron chi connectivity index (χ2n) is 9.97. The van der Waals surface area contributed by atoms with Gasteiger partial charge in [0.1, 0.15) is 18.0 Å². The largest absolute Gasteiger partial charge is 0.389 e. The lowest BCUT2D eigenvalue weighted by Gasteiger charge is -2.63. The van der Waals surface area contributed by atoms with E-state index in [4.69, 9.17) is 0 Å². The lowest BCUT2D eigenvalue weighted by Crippen LogP contribution is -2.66. The lowest BCUT2D eigenvalue weighted by atomic mass is 9.43. The molecule has 0 radical (unpaired) electrons. The first-order valence-corrected chi connectivity index (χ1v) is 10.2. The first-order chi connectivity index (χ1) is 12.1. The van der Waals surface area contributed by atoms with Gasteiger partial charge in [0.2, 0.25) is 0 Å². The fraction of sp³-hybridized carbons (Fsp3) is 0.905. The molecule has 0 spiro atoms. The van der Waals surface area contributed by atoms with Crippen molar-refractivity contribution in [3.05, 3.63) is 0 Å². The molecule has 5 nitrogen and oxygen atoms in total. The van der Waals surface area contributed by atoms with E-state index in [1.165, 1.54) is 0 Å². The van der Waals surface area contributed by atoms with Crippen LogP contribution < -0.4 is 0 Å². The Labute approximate surface area is 155 Å². The van der Waals surface area contributed by atoms with Crippen LogP contribution in [0.25, 0.3) is 0 Å². The first kappa shape index (κ1) is 18.6. The van der Waals surface area contributed by atoms with E-state index in [9.17, 15) is 24.9 Å². The molecule has 0 amide bonds. The highest BCUT2D eigenvalue weighted by atomic mass is 16.3. The van der Waals surface area contributed by atoms with Gasteiger partial charge in [0.25, 0.3) is 0 Å². The molecule has 0 aliphatic heterocycles. The Morgan fingerprint density at radius 3 is 2.46 bits per heavy atom. The van der Waals surface area contributed by atoms with Crippen molar-refractivity contribution in [1.82, 2.24) is 0 Å². The predicted molar refractivity (Wildman–Crippen MR) is 95.2 cm³/mol. The van der Waals surface area contributed by atoms with E-state index in [-0.39, 0.29) is 17.8 Å². The number of hydrogen-bond donors (Lipinski definition) is 3. The molecule has 4 aliphatic carbocycles. The van der Waals surface area contributed by atoms with Crippen LogP contribution in [0.4, 0.5) is 0 Å². The van der Waals surface area contributed by atoms with Crippen molar-refractivity contribution in [2.75, 3.05) is 6.61 Å². The van der Waals surface area contributed by atoms with Crippen LogP contribution in [0.15, 0.2) is 0 Å².